The quantitative estimate of drug-likeness (QED) is 0.642. The van der Waals surface area contributed by atoms with Gasteiger partial charge in [0, 0.05) is 37.0 Å². The highest BCUT2D eigenvalue weighted by molar-refractivity contribution is 5.97. The minimum absolute atomic E-state index is 1.12. The second-order valence-electron chi connectivity index (χ2n) is 6.81. The molecule has 1 aliphatic carbocycles. The molecular formula is C22H23N2+. The third-order valence-electron chi connectivity index (χ3n) is 4.96. The molecule has 0 aliphatic heterocycles. The lowest BCUT2D eigenvalue weighted by Gasteiger charge is -2.12. The molecular weight excluding hydrogens is 292 g/mol. The third-order valence-corrected chi connectivity index (χ3v) is 4.96. The van der Waals surface area contributed by atoms with Crippen LogP contribution in [0.1, 0.15) is 23.1 Å². The molecule has 0 saturated carbocycles. The Kier molecular flexibility index (Phi) is 3.61. The number of allylic oxidation sites excluding steroid dienone is 1. The number of para-hydroxylation sites is 1. The van der Waals surface area contributed by atoms with Crippen LogP contribution in [0.5, 0.6) is 0 Å². The summed E-state index contributed by atoms with van der Waals surface area (Å²) in [5, 5.41) is 1.37. The standard InChI is InChI=1S/C22H23N2/c1-23(2)19-12-8-16(9-13-19)14-17-10-11-18-15-24(3)21-7-5-4-6-20(21)22(17)18/h4-9,12-15H,10-11H2,1-3H3/q+1. The molecule has 0 spiro atoms. The fourth-order valence-corrected chi connectivity index (χ4v) is 3.71. The summed E-state index contributed by atoms with van der Waals surface area (Å²) in [6, 6.07) is 17.5. The van der Waals surface area contributed by atoms with Gasteiger partial charge < -0.3 is 4.90 Å². The summed E-state index contributed by atoms with van der Waals surface area (Å²) in [7, 11) is 6.30. The van der Waals surface area contributed by atoms with Gasteiger partial charge in [0.25, 0.3) is 0 Å². The maximum atomic E-state index is 2.36. The van der Waals surface area contributed by atoms with Crippen LogP contribution >= 0.6 is 0 Å². The second kappa shape index (κ2) is 5.79. The van der Waals surface area contributed by atoms with E-state index in [9.17, 15) is 0 Å². The Labute approximate surface area is 143 Å². The molecule has 0 N–H and O–H groups in total. The zero-order valence-corrected chi connectivity index (χ0v) is 14.6. The molecule has 2 nitrogen and oxygen atoms in total. The van der Waals surface area contributed by atoms with Crippen LogP contribution in [0.3, 0.4) is 0 Å². The molecule has 120 valence electrons. The van der Waals surface area contributed by atoms with Crippen molar-refractivity contribution < 1.29 is 4.57 Å². The maximum absolute atomic E-state index is 2.36. The number of rotatable bonds is 2. The molecule has 4 rings (SSSR count). The fourth-order valence-electron chi connectivity index (χ4n) is 3.71. The smallest absolute Gasteiger partial charge is 0.212 e. The Hall–Kier alpha value is -2.61. The molecule has 1 aromatic heterocycles. The van der Waals surface area contributed by atoms with Crippen LogP contribution in [0.2, 0.25) is 0 Å². The van der Waals surface area contributed by atoms with Crippen molar-refractivity contribution in [3.63, 3.8) is 0 Å². The largest absolute Gasteiger partial charge is 0.378 e. The van der Waals surface area contributed by atoms with E-state index in [2.05, 4.69) is 91.4 Å². The van der Waals surface area contributed by atoms with Crippen molar-refractivity contribution in [1.29, 1.82) is 0 Å². The van der Waals surface area contributed by atoms with Gasteiger partial charge >= 0.3 is 0 Å². The van der Waals surface area contributed by atoms with Crippen LogP contribution in [0, 0.1) is 0 Å². The fraction of sp³-hybridized carbons (Fsp3) is 0.227. The van der Waals surface area contributed by atoms with E-state index in [1.54, 1.807) is 0 Å². The number of hydrogen-bond acceptors (Lipinski definition) is 1. The molecule has 2 aromatic carbocycles. The van der Waals surface area contributed by atoms with Crippen molar-refractivity contribution in [1.82, 2.24) is 0 Å². The van der Waals surface area contributed by atoms with Gasteiger partial charge in [-0.25, -0.2) is 4.57 Å². The van der Waals surface area contributed by atoms with Crippen molar-refractivity contribution in [2.75, 3.05) is 19.0 Å². The minimum atomic E-state index is 1.12. The number of fused-ring (bicyclic) bond motifs is 3. The van der Waals surface area contributed by atoms with Crippen LogP contribution in [-0.4, -0.2) is 14.1 Å². The van der Waals surface area contributed by atoms with E-state index in [-0.39, 0.29) is 0 Å². The van der Waals surface area contributed by atoms with Crippen LogP contribution in [-0.2, 0) is 13.5 Å². The van der Waals surface area contributed by atoms with E-state index < -0.39 is 0 Å². The molecule has 0 radical (unpaired) electrons. The summed E-state index contributed by atoms with van der Waals surface area (Å²) in [5.41, 5.74) is 8.18. The Morgan fingerprint density at radius 2 is 1.71 bits per heavy atom. The van der Waals surface area contributed by atoms with Gasteiger partial charge in [0.2, 0.25) is 5.52 Å². The van der Waals surface area contributed by atoms with Crippen LogP contribution in [0.25, 0.3) is 22.6 Å². The second-order valence-corrected chi connectivity index (χ2v) is 6.81. The summed E-state index contributed by atoms with van der Waals surface area (Å²) in [6.45, 7) is 0. The average molecular weight is 315 g/mol. The zero-order valence-electron chi connectivity index (χ0n) is 14.6. The SMILES string of the molecule is CN(C)c1ccc(C=C2CCc3c[n+](C)c4ccccc4c32)cc1. The van der Waals surface area contributed by atoms with E-state index in [4.69, 9.17) is 0 Å². The number of benzene rings is 2. The molecule has 0 bridgehead atoms. The van der Waals surface area contributed by atoms with Gasteiger partial charge in [-0.2, -0.15) is 0 Å². The Balaban J connectivity index is 1.82. The average Bonchev–Trinajstić information content (AvgIpc) is 2.98. The van der Waals surface area contributed by atoms with Crippen molar-refractivity contribution in [3.05, 3.63) is 71.4 Å². The first-order valence-electron chi connectivity index (χ1n) is 8.52. The Bertz CT molecular complexity index is 934. The van der Waals surface area contributed by atoms with Crippen LogP contribution in [0.15, 0.2) is 54.7 Å². The summed E-state index contributed by atoms with van der Waals surface area (Å²) in [4.78, 5) is 2.13. The van der Waals surface area contributed by atoms with E-state index in [1.807, 2.05) is 0 Å². The maximum Gasteiger partial charge on any atom is 0.212 e. The first-order chi connectivity index (χ1) is 11.6. The van der Waals surface area contributed by atoms with E-state index in [1.165, 1.54) is 38.9 Å². The molecule has 3 aromatic rings. The van der Waals surface area contributed by atoms with Gasteiger partial charge in [0.15, 0.2) is 6.20 Å². The lowest BCUT2D eigenvalue weighted by molar-refractivity contribution is -0.645. The van der Waals surface area contributed by atoms with Gasteiger partial charge in [-0.1, -0.05) is 30.3 Å². The molecule has 0 amide bonds. The van der Waals surface area contributed by atoms with Crippen molar-refractivity contribution in [3.8, 4) is 0 Å². The number of hydrogen-bond donors (Lipinski definition) is 0. The summed E-state index contributed by atoms with van der Waals surface area (Å²) >= 11 is 0. The van der Waals surface area contributed by atoms with E-state index in [0.717, 1.165) is 12.8 Å². The van der Waals surface area contributed by atoms with Gasteiger partial charge in [-0.3, -0.25) is 0 Å². The van der Waals surface area contributed by atoms with E-state index >= 15 is 0 Å². The van der Waals surface area contributed by atoms with Crippen molar-refractivity contribution in [2.24, 2.45) is 7.05 Å². The highest BCUT2D eigenvalue weighted by Gasteiger charge is 2.23. The van der Waals surface area contributed by atoms with Crippen LogP contribution < -0.4 is 9.47 Å². The summed E-state index contributed by atoms with van der Waals surface area (Å²) in [6.07, 6.45) is 6.92. The van der Waals surface area contributed by atoms with Crippen LogP contribution in [0.4, 0.5) is 5.69 Å². The molecule has 0 atom stereocenters. The molecule has 0 saturated heterocycles. The lowest BCUT2D eigenvalue weighted by Crippen LogP contribution is -2.29. The molecule has 1 heterocycles. The topological polar surface area (TPSA) is 7.12 Å². The van der Waals surface area contributed by atoms with Crippen molar-refractivity contribution >= 4 is 28.2 Å². The molecule has 0 fully saturated rings. The molecule has 0 unspecified atom stereocenters. The highest BCUT2D eigenvalue weighted by atomic mass is 15.1. The number of nitrogens with zero attached hydrogens (tertiary/aromatic N) is 2. The van der Waals surface area contributed by atoms with Gasteiger partial charge in [0.05, 0.1) is 5.39 Å². The predicted molar refractivity (Wildman–Crippen MR) is 102 cm³/mol. The number of anilines is 1. The first-order valence-corrected chi connectivity index (χ1v) is 8.52. The third kappa shape index (κ3) is 2.48. The number of aromatic nitrogens is 1. The van der Waals surface area contributed by atoms with Gasteiger partial charge in [-0.15, -0.1) is 0 Å². The molecule has 24 heavy (non-hydrogen) atoms. The first kappa shape index (κ1) is 14.9. The van der Waals surface area contributed by atoms with Gasteiger partial charge in [-0.05, 0) is 42.2 Å². The Morgan fingerprint density at radius 3 is 2.46 bits per heavy atom. The highest BCUT2D eigenvalue weighted by Crippen LogP contribution is 2.37. The normalized spacial score (nSPS) is 15.0. The zero-order chi connectivity index (χ0) is 16.7. The monoisotopic (exact) mass is 315 g/mol. The lowest BCUT2D eigenvalue weighted by atomic mass is 10.00. The minimum Gasteiger partial charge on any atom is -0.378 e. The summed E-state index contributed by atoms with van der Waals surface area (Å²) < 4.78 is 2.25. The van der Waals surface area contributed by atoms with E-state index in [0.29, 0.717) is 0 Å². The number of pyridine rings is 1. The van der Waals surface area contributed by atoms with Crippen molar-refractivity contribution in [2.45, 2.75) is 12.8 Å². The molecule has 2 heteroatoms. The number of aryl methyl sites for hydroxylation is 2. The summed E-state index contributed by atoms with van der Waals surface area (Å²) in [5.74, 6) is 0. The molecule has 1 aliphatic rings. The predicted octanol–water partition coefficient (Wildman–Crippen LogP) is 4.22. The van der Waals surface area contributed by atoms with Gasteiger partial charge in [0.1, 0.15) is 7.05 Å². The Morgan fingerprint density at radius 1 is 0.958 bits per heavy atom.